The van der Waals surface area contributed by atoms with Gasteiger partial charge in [-0.15, -0.1) is 0 Å². The molecule has 0 aliphatic heterocycles. The minimum atomic E-state index is -3.62. The molecule has 0 atom stereocenters. The van der Waals surface area contributed by atoms with Crippen LogP contribution in [0.25, 0.3) is 5.70 Å². The van der Waals surface area contributed by atoms with Crippen LogP contribution in [0.3, 0.4) is 0 Å². The lowest BCUT2D eigenvalue weighted by molar-refractivity contribution is -0.673. The van der Waals surface area contributed by atoms with Crippen LogP contribution in [0.1, 0.15) is 58.6 Å². The van der Waals surface area contributed by atoms with E-state index in [-0.39, 0.29) is 16.9 Å². The number of benzene rings is 2. The average Bonchev–Trinajstić information content (AvgIpc) is 3.22. The van der Waals surface area contributed by atoms with E-state index in [4.69, 9.17) is 16.3 Å². The summed E-state index contributed by atoms with van der Waals surface area (Å²) in [4.78, 5) is 27.4. The quantitative estimate of drug-likeness (QED) is 0.113. The number of imidazole rings is 1. The number of aryl methyl sites for hydroxylation is 1. The number of rotatable bonds is 9. The van der Waals surface area contributed by atoms with Crippen LogP contribution < -0.4 is 35.9 Å². The SMILES string of the molecule is COc1c(NC(=O)c2ccc(C)c(N(N)/C=C(\N)c3c[nH]c(C=O)[n+]3C)c2)cc(C(C)(C)C)cc1NS(C)(=O)=O. The van der Waals surface area contributed by atoms with Gasteiger partial charge >= 0.3 is 5.82 Å². The molecular formula is C27H36N7O5S+. The van der Waals surface area contributed by atoms with E-state index in [0.29, 0.717) is 40.4 Å². The zero-order chi connectivity index (χ0) is 30.0. The summed E-state index contributed by atoms with van der Waals surface area (Å²) in [7, 11) is -0.540. The van der Waals surface area contributed by atoms with Gasteiger partial charge in [0.15, 0.2) is 11.4 Å². The number of sulfonamides is 1. The third-order valence-corrected chi connectivity index (χ3v) is 6.81. The number of nitrogens with two attached hydrogens (primary N) is 2. The molecule has 13 heteroatoms. The minimum Gasteiger partial charge on any atom is -0.492 e. The molecule has 0 unspecified atom stereocenters. The highest BCUT2D eigenvalue weighted by Crippen LogP contribution is 2.39. The predicted octanol–water partition coefficient (Wildman–Crippen LogP) is 2.53. The molecule has 0 fully saturated rings. The lowest BCUT2D eigenvalue weighted by Crippen LogP contribution is -2.37. The van der Waals surface area contributed by atoms with Crippen LogP contribution in [0.5, 0.6) is 5.75 Å². The third-order valence-electron chi connectivity index (χ3n) is 6.22. The molecule has 3 aromatic rings. The predicted molar refractivity (Wildman–Crippen MR) is 155 cm³/mol. The van der Waals surface area contributed by atoms with Crippen molar-refractivity contribution in [1.29, 1.82) is 0 Å². The molecule has 0 spiro atoms. The van der Waals surface area contributed by atoms with Gasteiger partial charge in [0.05, 0.1) is 37.5 Å². The van der Waals surface area contributed by atoms with E-state index >= 15 is 0 Å². The summed E-state index contributed by atoms with van der Waals surface area (Å²) < 4.78 is 33.6. The van der Waals surface area contributed by atoms with Crippen molar-refractivity contribution >= 4 is 45.0 Å². The van der Waals surface area contributed by atoms with Gasteiger partial charge in [0.2, 0.25) is 16.3 Å². The molecule has 0 saturated heterocycles. The van der Waals surface area contributed by atoms with Crippen molar-refractivity contribution in [3.8, 4) is 5.75 Å². The largest absolute Gasteiger partial charge is 0.492 e. The molecule has 0 bridgehead atoms. The molecule has 40 heavy (non-hydrogen) atoms. The molecule has 1 aromatic heterocycles. The number of aromatic nitrogens is 2. The number of anilines is 3. The molecule has 0 aliphatic rings. The molecular weight excluding hydrogens is 534 g/mol. The van der Waals surface area contributed by atoms with Crippen molar-refractivity contribution in [2.45, 2.75) is 33.1 Å². The molecule has 7 N–H and O–H groups in total. The zero-order valence-corrected chi connectivity index (χ0v) is 24.4. The molecule has 0 saturated carbocycles. The van der Waals surface area contributed by atoms with Crippen molar-refractivity contribution in [2.75, 3.05) is 28.4 Å². The van der Waals surface area contributed by atoms with Crippen LogP contribution in [-0.2, 0) is 22.5 Å². The number of methoxy groups -OCH3 is 1. The van der Waals surface area contributed by atoms with E-state index in [9.17, 15) is 18.0 Å². The lowest BCUT2D eigenvalue weighted by atomic mass is 9.86. The standard InChI is InChI=1S/C27H35N7O5S/c1-16-8-9-17(10-22(16)34(29)14-19(28)23-13-30-24(15-35)33(23)5)26(36)31-20-11-18(27(2,3)4)12-21(25(20)39-6)32-40(7,37)38/h8-15,32H,28-29H2,1-7H3,(H,31,36)/p+1/b19-14-. The Labute approximate surface area is 234 Å². The summed E-state index contributed by atoms with van der Waals surface area (Å²) in [5.74, 6) is 6.35. The first-order valence-corrected chi connectivity index (χ1v) is 14.1. The fourth-order valence-electron chi connectivity index (χ4n) is 4.01. The number of H-pyrrole nitrogens is 1. The molecule has 214 valence electrons. The summed E-state index contributed by atoms with van der Waals surface area (Å²) in [6.07, 6.45) is 4.79. The van der Waals surface area contributed by atoms with Crippen LogP contribution in [0.4, 0.5) is 17.1 Å². The number of aromatic amines is 1. The molecule has 12 nitrogen and oxygen atoms in total. The maximum Gasteiger partial charge on any atom is 0.320 e. The fraction of sp³-hybridized carbons (Fsp3) is 0.296. The number of hydrogen-bond acceptors (Lipinski definition) is 8. The highest BCUT2D eigenvalue weighted by molar-refractivity contribution is 7.92. The highest BCUT2D eigenvalue weighted by atomic mass is 32.2. The Balaban J connectivity index is 1.99. The normalized spacial score (nSPS) is 12.2. The van der Waals surface area contributed by atoms with E-state index in [2.05, 4.69) is 15.0 Å². The van der Waals surface area contributed by atoms with Gasteiger partial charge in [0.1, 0.15) is 11.9 Å². The molecule has 1 heterocycles. The monoisotopic (exact) mass is 570 g/mol. The van der Waals surface area contributed by atoms with Gasteiger partial charge in [-0.3, -0.25) is 19.3 Å². The number of carbonyl (C=O) groups is 2. The van der Waals surface area contributed by atoms with Gasteiger partial charge in [-0.05, 0) is 47.7 Å². The second kappa shape index (κ2) is 11.4. The van der Waals surface area contributed by atoms with Gasteiger partial charge in [-0.1, -0.05) is 26.8 Å². The first-order valence-electron chi connectivity index (χ1n) is 12.2. The molecule has 1 amide bonds. The maximum absolute atomic E-state index is 13.4. The Morgan fingerprint density at radius 3 is 2.38 bits per heavy atom. The van der Waals surface area contributed by atoms with E-state index < -0.39 is 15.9 Å². The maximum atomic E-state index is 13.4. The minimum absolute atomic E-state index is 0.171. The smallest absolute Gasteiger partial charge is 0.320 e. The Morgan fingerprint density at radius 2 is 1.82 bits per heavy atom. The molecule has 0 radical (unpaired) electrons. The van der Waals surface area contributed by atoms with Gasteiger partial charge < -0.3 is 15.8 Å². The Hall–Kier alpha value is -4.36. The average molecular weight is 571 g/mol. The number of hydrazine groups is 1. The number of nitrogens with one attached hydrogen (secondary N) is 3. The number of hydrogen-bond donors (Lipinski definition) is 5. The molecule has 3 rings (SSSR count). The van der Waals surface area contributed by atoms with E-state index in [1.54, 1.807) is 48.1 Å². The van der Waals surface area contributed by atoms with Crippen LogP contribution in [-0.4, -0.2) is 39.0 Å². The summed E-state index contributed by atoms with van der Waals surface area (Å²) in [5.41, 5.74) is 9.59. The summed E-state index contributed by atoms with van der Waals surface area (Å²) in [6, 6.07) is 8.44. The first-order chi connectivity index (χ1) is 18.6. The van der Waals surface area contributed by atoms with Crippen LogP contribution in [0, 0.1) is 6.92 Å². The van der Waals surface area contributed by atoms with Crippen LogP contribution in [0.15, 0.2) is 42.7 Å². The highest BCUT2D eigenvalue weighted by Gasteiger charge is 2.23. The van der Waals surface area contributed by atoms with Crippen LogP contribution >= 0.6 is 0 Å². The number of carbonyl (C=O) groups excluding carboxylic acids is 2. The van der Waals surface area contributed by atoms with Gasteiger partial charge in [-0.2, -0.15) is 0 Å². The summed E-state index contributed by atoms with van der Waals surface area (Å²) in [5, 5.41) is 4.14. The van der Waals surface area contributed by atoms with Crippen molar-refractivity contribution < 1.29 is 27.3 Å². The third kappa shape index (κ3) is 6.79. The summed E-state index contributed by atoms with van der Waals surface area (Å²) >= 11 is 0. The van der Waals surface area contributed by atoms with Crippen molar-refractivity contribution in [1.82, 2.24) is 4.98 Å². The number of aldehydes is 1. The van der Waals surface area contributed by atoms with Crippen molar-refractivity contribution in [3.05, 3.63) is 70.9 Å². The number of ether oxygens (including phenoxy) is 1. The van der Waals surface area contributed by atoms with Crippen molar-refractivity contribution in [2.24, 2.45) is 18.6 Å². The molecule has 0 aliphatic carbocycles. The first kappa shape index (κ1) is 30.2. The lowest BCUT2D eigenvalue weighted by Gasteiger charge is -2.24. The number of amides is 1. The zero-order valence-electron chi connectivity index (χ0n) is 23.6. The van der Waals surface area contributed by atoms with Gasteiger partial charge in [0.25, 0.3) is 5.91 Å². The van der Waals surface area contributed by atoms with E-state index in [1.807, 2.05) is 27.7 Å². The second-order valence-corrected chi connectivity index (χ2v) is 12.2. The van der Waals surface area contributed by atoms with Crippen LogP contribution in [0.2, 0.25) is 0 Å². The fourth-order valence-corrected chi connectivity index (χ4v) is 4.57. The Bertz CT molecular complexity index is 1590. The number of nitrogens with zero attached hydrogens (tertiary/aromatic N) is 2. The van der Waals surface area contributed by atoms with Gasteiger partial charge in [-0.25, -0.2) is 23.8 Å². The van der Waals surface area contributed by atoms with Crippen molar-refractivity contribution in [3.63, 3.8) is 0 Å². The Kier molecular flexibility index (Phi) is 8.60. The van der Waals surface area contributed by atoms with E-state index in [1.165, 1.54) is 18.3 Å². The van der Waals surface area contributed by atoms with Gasteiger partial charge in [0, 0.05) is 11.8 Å². The summed E-state index contributed by atoms with van der Waals surface area (Å²) in [6.45, 7) is 7.75. The topological polar surface area (TPSA) is 177 Å². The molecule has 2 aromatic carbocycles. The second-order valence-electron chi connectivity index (χ2n) is 10.4. The Morgan fingerprint density at radius 1 is 1.18 bits per heavy atom. The van der Waals surface area contributed by atoms with E-state index in [0.717, 1.165) is 17.4 Å².